The minimum atomic E-state index is -0.129. The molecule has 0 atom stereocenters. The first-order valence-electron chi connectivity index (χ1n) is 11.6. The van der Waals surface area contributed by atoms with Crippen molar-refractivity contribution in [1.29, 1.82) is 0 Å². The van der Waals surface area contributed by atoms with Gasteiger partial charge in [0.15, 0.2) is 0 Å². The molecule has 0 aliphatic carbocycles. The molecule has 172 valence electrons. The molecule has 5 rings (SSSR count). The number of aryl methyl sites for hydroxylation is 1. The zero-order valence-corrected chi connectivity index (χ0v) is 19.9. The molecule has 1 aliphatic rings. The Bertz CT molecular complexity index is 1250. The van der Waals surface area contributed by atoms with Crippen LogP contribution in [-0.2, 0) is 0 Å². The van der Waals surface area contributed by atoms with E-state index in [9.17, 15) is 4.79 Å². The lowest BCUT2D eigenvalue weighted by Crippen LogP contribution is -2.31. The highest BCUT2D eigenvalue weighted by Crippen LogP contribution is 2.25. The molecule has 0 saturated carbocycles. The smallest absolute Gasteiger partial charge is 0.255 e. The van der Waals surface area contributed by atoms with E-state index >= 15 is 0 Å². The van der Waals surface area contributed by atoms with Gasteiger partial charge in [-0.1, -0.05) is 18.2 Å². The van der Waals surface area contributed by atoms with Gasteiger partial charge in [-0.2, -0.15) is 4.98 Å². The second-order valence-corrected chi connectivity index (χ2v) is 9.40. The van der Waals surface area contributed by atoms with Gasteiger partial charge < -0.3 is 15.5 Å². The lowest BCUT2D eigenvalue weighted by molar-refractivity contribution is 0.102. The topological polar surface area (TPSA) is 70.2 Å². The zero-order valence-electron chi connectivity index (χ0n) is 19.1. The first-order valence-corrected chi connectivity index (χ1v) is 12.4. The van der Waals surface area contributed by atoms with Crippen molar-refractivity contribution >= 4 is 40.4 Å². The van der Waals surface area contributed by atoms with Gasteiger partial charge >= 0.3 is 0 Å². The van der Waals surface area contributed by atoms with Crippen molar-refractivity contribution in [2.75, 3.05) is 28.6 Å². The molecule has 34 heavy (non-hydrogen) atoms. The third-order valence-electron chi connectivity index (χ3n) is 5.85. The van der Waals surface area contributed by atoms with Crippen LogP contribution < -0.4 is 15.5 Å². The van der Waals surface area contributed by atoms with Crippen LogP contribution in [0.15, 0.2) is 72.1 Å². The summed E-state index contributed by atoms with van der Waals surface area (Å²) >= 11 is 1.69. The van der Waals surface area contributed by atoms with Crippen molar-refractivity contribution in [3.63, 3.8) is 0 Å². The second kappa shape index (κ2) is 10.1. The van der Waals surface area contributed by atoms with E-state index < -0.39 is 0 Å². The molecule has 1 saturated heterocycles. The molecule has 2 aromatic heterocycles. The van der Waals surface area contributed by atoms with Crippen LogP contribution in [0.1, 0.15) is 35.3 Å². The summed E-state index contributed by atoms with van der Waals surface area (Å²) < 4.78 is 0. The zero-order chi connectivity index (χ0) is 23.3. The van der Waals surface area contributed by atoms with E-state index in [4.69, 9.17) is 4.98 Å². The highest BCUT2D eigenvalue weighted by Gasteiger charge is 2.15. The van der Waals surface area contributed by atoms with E-state index in [1.54, 1.807) is 11.3 Å². The Hall–Kier alpha value is -3.71. The highest BCUT2D eigenvalue weighted by molar-refractivity contribution is 7.13. The average Bonchev–Trinajstić information content (AvgIpc) is 3.41. The quantitative estimate of drug-likeness (QED) is 0.337. The van der Waals surface area contributed by atoms with Crippen molar-refractivity contribution in [2.45, 2.75) is 26.2 Å². The summed E-state index contributed by atoms with van der Waals surface area (Å²) in [5.74, 6) is 1.43. The number of benzene rings is 2. The molecular formula is C27H27N5OS. The minimum Gasteiger partial charge on any atom is -0.341 e. The number of nitrogens with zero attached hydrogens (tertiary/aromatic N) is 3. The summed E-state index contributed by atoms with van der Waals surface area (Å²) in [4.78, 5) is 25.5. The van der Waals surface area contributed by atoms with Gasteiger partial charge in [0, 0.05) is 46.7 Å². The monoisotopic (exact) mass is 469 g/mol. The van der Waals surface area contributed by atoms with E-state index in [1.807, 2.05) is 73.0 Å². The summed E-state index contributed by atoms with van der Waals surface area (Å²) in [6, 6.07) is 21.4. The number of amides is 1. The van der Waals surface area contributed by atoms with Crippen LogP contribution in [0.4, 0.5) is 23.1 Å². The number of carbonyl (C=O) groups is 1. The number of hydrogen-bond acceptors (Lipinski definition) is 6. The molecule has 0 bridgehead atoms. The lowest BCUT2D eigenvalue weighted by atomic mass is 10.1. The first-order chi connectivity index (χ1) is 16.6. The number of nitrogens with one attached hydrogen (secondary N) is 2. The summed E-state index contributed by atoms with van der Waals surface area (Å²) in [5.41, 5.74) is 4.33. The van der Waals surface area contributed by atoms with E-state index in [2.05, 4.69) is 26.6 Å². The molecule has 3 heterocycles. The van der Waals surface area contributed by atoms with E-state index in [0.29, 0.717) is 5.56 Å². The number of aromatic nitrogens is 2. The van der Waals surface area contributed by atoms with Crippen LogP contribution >= 0.6 is 11.3 Å². The maximum Gasteiger partial charge on any atom is 0.255 e. The molecule has 7 heteroatoms. The van der Waals surface area contributed by atoms with Crippen LogP contribution in [0.3, 0.4) is 0 Å². The van der Waals surface area contributed by atoms with Crippen LogP contribution in [0.5, 0.6) is 0 Å². The van der Waals surface area contributed by atoms with Crippen LogP contribution in [0.25, 0.3) is 10.4 Å². The summed E-state index contributed by atoms with van der Waals surface area (Å²) in [6.07, 6.45) is 3.65. The van der Waals surface area contributed by atoms with Crippen molar-refractivity contribution in [3.8, 4) is 10.4 Å². The largest absolute Gasteiger partial charge is 0.341 e. The number of rotatable bonds is 6. The predicted octanol–water partition coefficient (Wildman–Crippen LogP) is 6.50. The van der Waals surface area contributed by atoms with Gasteiger partial charge in [-0.3, -0.25) is 4.79 Å². The third kappa shape index (κ3) is 5.26. The molecule has 2 aromatic carbocycles. The Morgan fingerprint density at radius 3 is 2.35 bits per heavy atom. The Balaban J connectivity index is 1.22. The molecule has 2 N–H and O–H groups in total. The number of thiophene rings is 1. The predicted molar refractivity (Wildman–Crippen MR) is 140 cm³/mol. The molecule has 0 spiro atoms. The Morgan fingerprint density at radius 1 is 0.912 bits per heavy atom. The van der Waals surface area contributed by atoms with E-state index in [1.165, 1.54) is 24.1 Å². The number of piperidine rings is 1. The molecule has 1 amide bonds. The fourth-order valence-corrected chi connectivity index (χ4v) is 4.80. The number of anilines is 4. The maximum absolute atomic E-state index is 12.7. The van der Waals surface area contributed by atoms with Gasteiger partial charge in [0.05, 0.1) is 0 Å². The standard InChI is InChI=1S/C27H27N5OS/c1-19-18-25(31-27(28-19)32-15-3-2-4-16-32)29-22-11-13-23(14-12-22)30-26(33)21-9-7-20(8-10-21)24-6-5-17-34-24/h5-14,17-18H,2-4,15-16H2,1H3,(H,30,33)(H,28,29,31). The summed E-state index contributed by atoms with van der Waals surface area (Å²) in [6.45, 7) is 4.01. The maximum atomic E-state index is 12.7. The molecule has 1 fully saturated rings. The second-order valence-electron chi connectivity index (χ2n) is 8.45. The van der Waals surface area contributed by atoms with Gasteiger partial charge in [-0.15, -0.1) is 11.3 Å². The number of carbonyl (C=O) groups excluding carboxylic acids is 1. The van der Waals surface area contributed by atoms with Gasteiger partial charge in [0.2, 0.25) is 5.95 Å². The normalized spacial score (nSPS) is 13.5. The van der Waals surface area contributed by atoms with Gasteiger partial charge in [-0.25, -0.2) is 4.98 Å². The Morgan fingerprint density at radius 2 is 1.65 bits per heavy atom. The average molecular weight is 470 g/mol. The Labute approximate surface area is 203 Å². The fourth-order valence-electron chi connectivity index (χ4n) is 4.07. The molecule has 0 unspecified atom stereocenters. The summed E-state index contributed by atoms with van der Waals surface area (Å²) in [5, 5.41) is 8.38. The van der Waals surface area contributed by atoms with Crippen LogP contribution in [0, 0.1) is 6.92 Å². The van der Waals surface area contributed by atoms with Crippen molar-refractivity contribution in [1.82, 2.24) is 9.97 Å². The number of hydrogen-bond donors (Lipinski definition) is 2. The third-order valence-corrected chi connectivity index (χ3v) is 6.77. The van der Waals surface area contributed by atoms with Crippen molar-refractivity contribution < 1.29 is 4.79 Å². The minimum absolute atomic E-state index is 0.129. The Kier molecular flexibility index (Phi) is 6.53. The molecule has 0 radical (unpaired) electrons. The highest BCUT2D eigenvalue weighted by atomic mass is 32.1. The summed E-state index contributed by atoms with van der Waals surface area (Å²) in [7, 11) is 0. The van der Waals surface area contributed by atoms with E-state index in [0.717, 1.165) is 47.5 Å². The van der Waals surface area contributed by atoms with E-state index in [-0.39, 0.29) is 5.91 Å². The molecular weight excluding hydrogens is 442 g/mol. The van der Waals surface area contributed by atoms with Crippen LogP contribution in [-0.4, -0.2) is 29.0 Å². The van der Waals surface area contributed by atoms with Gasteiger partial charge in [0.1, 0.15) is 5.82 Å². The van der Waals surface area contributed by atoms with Crippen molar-refractivity contribution in [2.24, 2.45) is 0 Å². The first kappa shape index (κ1) is 22.1. The van der Waals surface area contributed by atoms with Gasteiger partial charge in [0.25, 0.3) is 5.91 Å². The molecule has 6 nitrogen and oxygen atoms in total. The molecule has 4 aromatic rings. The SMILES string of the molecule is Cc1cc(Nc2ccc(NC(=O)c3ccc(-c4cccs4)cc3)cc2)nc(N2CCCCC2)n1. The lowest BCUT2D eigenvalue weighted by Gasteiger charge is -2.27. The van der Waals surface area contributed by atoms with Crippen molar-refractivity contribution in [3.05, 3.63) is 83.4 Å². The van der Waals surface area contributed by atoms with Gasteiger partial charge in [-0.05, 0) is 79.6 Å². The van der Waals surface area contributed by atoms with Crippen LogP contribution in [0.2, 0.25) is 0 Å². The fraction of sp³-hybridized carbons (Fsp3) is 0.222. The molecule has 1 aliphatic heterocycles.